The van der Waals surface area contributed by atoms with Crippen LogP contribution in [0.3, 0.4) is 0 Å². The van der Waals surface area contributed by atoms with Gasteiger partial charge in [0.05, 0.1) is 16.8 Å². The summed E-state index contributed by atoms with van der Waals surface area (Å²) in [6.07, 6.45) is 4.01. The van der Waals surface area contributed by atoms with Crippen LogP contribution in [0, 0.1) is 6.92 Å². The van der Waals surface area contributed by atoms with Gasteiger partial charge in [-0.15, -0.1) is 0 Å². The molecule has 3 heterocycles. The van der Waals surface area contributed by atoms with E-state index >= 15 is 0 Å². The Bertz CT molecular complexity index is 2610. The van der Waals surface area contributed by atoms with Gasteiger partial charge in [0.15, 0.2) is 0 Å². The van der Waals surface area contributed by atoms with Gasteiger partial charge in [0, 0.05) is 39.7 Å². The van der Waals surface area contributed by atoms with E-state index in [9.17, 15) is 0 Å². The van der Waals surface area contributed by atoms with E-state index in [0.717, 1.165) is 67.5 Å². The second-order valence-corrected chi connectivity index (χ2v) is 13.9. The summed E-state index contributed by atoms with van der Waals surface area (Å²) in [5.41, 5.74) is 16.2. The van der Waals surface area contributed by atoms with Crippen LogP contribution in [0.1, 0.15) is 52.0 Å². The quantitative estimate of drug-likeness (QED) is 0.203. The molecule has 0 amide bonds. The van der Waals surface area contributed by atoms with Crippen molar-refractivity contribution in [1.82, 2.24) is 10.3 Å². The highest BCUT2D eigenvalue weighted by atomic mass is 16.5. The molecule has 7 aromatic rings. The first-order chi connectivity index (χ1) is 25.6. The number of benzene rings is 6. The predicted octanol–water partition coefficient (Wildman–Crippen LogP) is 11.2. The van der Waals surface area contributed by atoms with E-state index in [4.69, 9.17) is 14.7 Å². The summed E-state index contributed by atoms with van der Waals surface area (Å²) < 4.78 is 6.98. The molecule has 1 aromatic heterocycles. The van der Waals surface area contributed by atoms with Crippen LogP contribution >= 0.6 is 0 Å². The van der Waals surface area contributed by atoms with Crippen molar-refractivity contribution in [2.45, 2.75) is 25.4 Å². The average molecular weight is 670 g/mol. The zero-order valence-electron chi connectivity index (χ0n) is 29.0. The third-order valence-electron chi connectivity index (χ3n) is 10.8. The number of fused-ring (bicyclic) bond motifs is 9. The highest BCUT2D eigenvalue weighted by Crippen LogP contribution is 2.63. The molecule has 248 valence electrons. The van der Waals surface area contributed by atoms with Gasteiger partial charge < -0.3 is 10.1 Å². The third kappa shape index (κ3) is 4.47. The molecular formula is C48H35N3O. The van der Waals surface area contributed by atoms with Crippen LogP contribution in [0.5, 0.6) is 11.5 Å². The topological polar surface area (TPSA) is 46.5 Å². The van der Waals surface area contributed by atoms with Crippen LogP contribution in [0.15, 0.2) is 175 Å². The van der Waals surface area contributed by atoms with Gasteiger partial charge in [-0.1, -0.05) is 133 Å². The summed E-state index contributed by atoms with van der Waals surface area (Å²) in [6, 6.07) is 53.8. The number of aromatic nitrogens is 1. The second kappa shape index (κ2) is 11.8. The number of para-hydroxylation sites is 2. The van der Waals surface area contributed by atoms with E-state index in [1.807, 2.05) is 18.3 Å². The van der Waals surface area contributed by atoms with Crippen molar-refractivity contribution in [3.63, 3.8) is 0 Å². The Hall–Kier alpha value is -6.52. The fourth-order valence-electron chi connectivity index (χ4n) is 8.62. The maximum Gasteiger partial charge on any atom is 0.145 e. The lowest BCUT2D eigenvalue weighted by Crippen LogP contribution is -2.32. The van der Waals surface area contributed by atoms with Crippen molar-refractivity contribution in [2.24, 2.45) is 4.99 Å². The second-order valence-electron chi connectivity index (χ2n) is 13.9. The van der Waals surface area contributed by atoms with Crippen molar-refractivity contribution in [3.8, 4) is 45.0 Å². The molecule has 2 atom stereocenters. The Morgan fingerprint density at radius 1 is 0.596 bits per heavy atom. The van der Waals surface area contributed by atoms with E-state index in [2.05, 4.69) is 165 Å². The van der Waals surface area contributed by atoms with Crippen molar-refractivity contribution >= 4 is 5.71 Å². The van der Waals surface area contributed by atoms with E-state index in [1.54, 1.807) is 0 Å². The smallest absolute Gasteiger partial charge is 0.145 e. The molecule has 2 unspecified atom stereocenters. The van der Waals surface area contributed by atoms with Crippen LogP contribution in [-0.4, -0.2) is 10.7 Å². The number of rotatable bonds is 4. The number of aliphatic imine (C=N–C) groups is 1. The molecule has 4 heteroatoms. The van der Waals surface area contributed by atoms with E-state index in [-0.39, 0.29) is 6.17 Å². The molecule has 1 aliphatic carbocycles. The first-order valence-corrected chi connectivity index (χ1v) is 17.9. The minimum atomic E-state index is -0.619. The van der Waals surface area contributed by atoms with Gasteiger partial charge in [0.2, 0.25) is 0 Å². The molecule has 2 aliphatic heterocycles. The number of allylic oxidation sites excluding steroid dienone is 2. The fourth-order valence-corrected chi connectivity index (χ4v) is 8.62. The van der Waals surface area contributed by atoms with E-state index in [1.165, 1.54) is 27.8 Å². The largest absolute Gasteiger partial charge is 0.456 e. The fraction of sp³-hybridized carbons (Fsp3) is 0.0833. The highest BCUT2D eigenvalue weighted by molar-refractivity contribution is 6.15. The number of nitrogens with zero attached hydrogens (tertiary/aromatic N) is 2. The monoisotopic (exact) mass is 669 g/mol. The van der Waals surface area contributed by atoms with Crippen LogP contribution in [0.4, 0.5) is 0 Å². The molecular weight excluding hydrogens is 635 g/mol. The Balaban J connectivity index is 1.21. The summed E-state index contributed by atoms with van der Waals surface area (Å²) in [5, 5.41) is 3.59. The van der Waals surface area contributed by atoms with E-state index in [0.29, 0.717) is 0 Å². The number of nitrogens with one attached hydrogen (secondary N) is 1. The van der Waals surface area contributed by atoms with E-state index < -0.39 is 5.41 Å². The van der Waals surface area contributed by atoms with Crippen molar-refractivity contribution in [2.75, 3.05) is 0 Å². The number of pyridine rings is 1. The molecule has 10 rings (SSSR count). The summed E-state index contributed by atoms with van der Waals surface area (Å²) in [5.74, 6) is 1.69. The summed E-state index contributed by atoms with van der Waals surface area (Å²) in [4.78, 5) is 10.4. The van der Waals surface area contributed by atoms with Crippen LogP contribution in [0.25, 0.3) is 33.5 Å². The Morgan fingerprint density at radius 3 is 2.06 bits per heavy atom. The average Bonchev–Trinajstić information content (AvgIpc) is 3.49. The molecule has 1 N–H and O–H groups in total. The lowest BCUT2D eigenvalue weighted by molar-refractivity contribution is 0.438. The summed E-state index contributed by atoms with van der Waals surface area (Å²) >= 11 is 0. The van der Waals surface area contributed by atoms with Crippen molar-refractivity contribution < 1.29 is 4.74 Å². The molecule has 0 saturated carbocycles. The Morgan fingerprint density at radius 2 is 1.25 bits per heavy atom. The standard InChI is InChI=1S/C48H35N3O/c1-30-27-42(49-29-37(30)32-15-5-3-6-16-32)36-21-14-25-41-46(36)52-44-26-12-11-23-39(44)48(41)38-22-10-9-19-34(38)45-35(20-13-24-40(45)48)43-28-31(2)50-47(51-43)33-17-7-4-8-18-33/h3-29,47,50H,1-2H3. The molecule has 1 spiro atoms. The minimum Gasteiger partial charge on any atom is -0.456 e. The van der Waals surface area contributed by atoms with Gasteiger partial charge >= 0.3 is 0 Å². The van der Waals surface area contributed by atoms with Crippen molar-refractivity contribution in [1.29, 1.82) is 0 Å². The Kier molecular flexibility index (Phi) is 6.87. The molecule has 6 aromatic carbocycles. The van der Waals surface area contributed by atoms with Gasteiger partial charge in [-0.2, -0.15) is 0 Å². The van der Waals surface area contributed by atoms with Gasteiger partial charge in [-0.05, 0) is 77.1 Å². The van der Waals surface area contributed by atoms with Crippen molar-refractivity contribution in [3.05, 3.63) is 209 Å². The normalized spacial score (nSPS) is 17.8. The van der Waals surface area contributed by atoms with Gasteiger partial charge in [-0.3, -0.25) is 9.98 Å². The summed E-state index contributed by atoms with van der Waals surface area (Å²) in [6.45, 7) is 4.28. The SMILES string of the molecule is CC1=CC(c2cccc3c2-c2ccccc2C32c3ccccc3Oc3c(-c4cc(C)c(-c5ccccc5)cn4)cccc32)=NC(c2ccccc2)N1. The molecule has 3 aliphatic rings. The number of hydrogen-bond donors (Lipinski definition) is 1. The van der Waals surface area contributed by atoms with Crippen LogP contribution in [-0.2, 0) is 5.41 Å². The number of ether oxygens (including phenoxy) is 1. The minimum absolute atomic E-state index is 0.168. The lowest BCUT2D eigenvalue weighted by atomic mass is 9.65. The predicted molar refractivity (Wildman–Crippen MR) is 210 cm³/mol. The first kappa shape index (κ1) is 30.3. The highest BCUT2D eigenvalue weighted by Gasteiger charge is 2.52. The van der Waals surface area contributed by atoms with Crippen LogP contribution < -0.4 is 10.1 Å². The molecule has 0 saturated heterocycles. The third-order valence-corrected chi connectivity index (χ3v) is 10.8. The molecule has 0 radical (unpaired) electrons. The molecule has 0 fully saturated rings. The van der Waals surface area contributed by atoms with Gasteiger partial charge in [0.1, 0.15) is 17.7 Å². The maximum atomic E-state index is 6.98. The Labute approximate surface area is 303 Å². The maximum absolute atomic E-state index is 6.98. The number of aryl methyl sites for hydroxylation is 1. The first-order valence-electron chi connectivity index (χ1n) is 17.9. The van der Waals surface area contributed by atoms with Gasteiger partial charge in [0.25, 0.3) is 0 Å². The molecule has 52 heavy (non-hydrogen) atoms. The zero-order valence-corrected chi connectivity index (χ0v) is 29.0. The van der Waals surface area contributed by atoms with Gasteiger partial charge in [-0.25, -0.2) is 0 Å². The number of hydrogen-bond acceptors (Lipinski definition) is 4. The zero-order chi connectivity index (χ0) is 34.8. The lowest BCUT2D eigenvalue weighted by Gasteiger charge is -2.40. The molecule has 0 bridgehead atoms. The van der Waals surface area contributed by atoms with Crippen LogP contribution in [0.2, 0.25) is 0 Å². The summed E-state index contributed by atoms with van der Waals surface area (Å²) in [7, 11) is 0. The molecule has 4 nitrogen and oxygen atoms in total.